The summed E-state index contributed by atoms with van der Waals surface area (Å²) >= 11 is 0. The zero-order chi connectivity index (χ0) is 20.7. The first-order valence-corrected chi connectivity index (χ1v) is 11.5. The van der Waals surface area contributed by atoms with Gasteiger partial charge in [-0.15, -0.1) is 0 Å². The van der Waals surface area contributed by atoms with E-state index in [9.17, 15) is 0 Å². The van der Waals surface area contributed by atoms with Crippen molar-refractivity contribution in [1.82, 2.24) is 4.98 Å². The van der Waals surface area contributed by atoms with E-state index < -0.39 is 0 Å². The molecule has 2 heterocycles. The number of benzene rings is 1. The highest BCUT2D eigenvalue weighted by atomic mass is 16.7. The van der Waals surface area contributed by atoms with Crippen molar-refractivity contribution >= 4 is 17.0 Å². The Hall–Kier alpha value is -1.91. The Morgan fingerprint density at radius 3 is 2.77 bits per heavy atom. The molecule has 2 saturated carbocycles. The summed E-state index contributed by atoms with van der Waals surface area (Å²) in [6.45, 7) is 2.24. The lowest BCUT2D eigenvalue weighted by molar-refractivity contribution is -0.132. The average molecular weight is 408 g/mol. The van der Waals surface area contributed by atoms with Crippen LogP contribution in [0.3, 0.4) is 0 Å². The van der Waals surface area contributed by atoms with Gasteiger partial charge in [0.15, 0.2) is 6.29 Å². The summed E-state index contributed by atoms with van der Waals surface area (Å²) in [5, 5.41) is 1.11. The lowest BCUT2D eigenvalue weighted by atomic mass is 9.57. The van der Waals surface area contributed by atoms with Crippen molar-refractivity contribution in [1.29, 1.82) is 0 Å². The summed E-state index contributed by atoms with van der Waals surface area (Å²) in [7, 11) is 3.50. The largest absolute Gasteiger partial charge is 0.497 e. The minimum atomic E-state index is -0.0439. The van der Waals surface area contributed by atoms with Gasteiger partial charge >= 0.3 is 0 Å². The standard InChI is InChI=1S/C26H33NO3/c1-16-25-22(21-7-5-4-6-17(21)15-23(25)26(29-3)30-16)12-10-19-9-8-18-14-20(28-2)11-13-24(18)27-19/h8-14,16-17,21-23,25-26H,4-7,15H2,1-3H3/t16-,17?,21?,22?,23?,25?,26?/m0/s1. The minimum absolute atomic E-state index is 0.0439. The van der Waals surface area contributed by atoms with Gasteiger partial charge in [-0.1, -0.05) is 31.4 Å². The molecule has 0 radical (unpaired) electrons. The molecule has 0 N–H and O–H groups in total. The second-order valence-corrected chi connectivity index (χ2v) is 9.36. The molecule has 4 heteroatoms. The summed E-state index contributed by atoms with van der Waals surface area (Å²) in [6, 6.07) is 10.3. The molecule has 1 aliphatic heterocycles. The number of allylic oxidation sites excluding steroid dienone is 1. The Labute approximate surface area is 179 Å². The molecule has 2 aliphatic carbocycles. The van der Waals surface area contributed by atoms with Gasteiger partial charge in [-0.05, 0) is 73.8 Å². The van der Waals surface area contributed by atoms with Crippen molar-refractivity contribution in [3.8, 4) is 5.75 Å². The fraction of sp³-hybridized carbons (Fsp3) is 0.577. The Morgan fingerprint density at radius 2 is 1.93 bits per heavy atom. The highest BCUT2D eigenvalue weighted by molar-refractivity contribution is 5.81. The number of aromatic nitrogens is 1. The minimum Gasteiger partial charge on any atom is -0.497 e. The molecule has 3 aliphatic rings. The van der Waals surface area contributed by atoms with E-state index in [1.165, 1.54) is 32.1 Å². The summed E-state index contributed by atoms with van der Waals surface area (Å²) in [5.41, 5.74) is 2.03. The first kappa shape index (κ1) is 20.0. The zero-order valence-electron chi connectivity index (χ0n) is 18.3. The Kier molecular flexibility index (Phi) is 5.55. The predicted molar refractivity (Wildman–Crippen MR) is 119 cm³/mol. The molecule has 1 aromatic heterocycles. The zero-order valence-corrected chi connectivity index (χ0v) is 18.3. The molecule has 0 bridgehead atoms. The van der Waals surface area contributed by atoms with Crippen LogP contribution in [0.1, 0.15) is 44.7 Å². The predicted octanol–water partition coefficient (Wildman–Crippen LogP) is 5.71. The van der Waals surface area contributed by atoms with Crippen LogP contribution in [-0.2, 0) is 9.47 Å². The fourth-order valence-electron chi connectivity index (χ4n) is 6.52. The molecule has 160 valence electrons. The topological polar surface area (TPSA) is 40.6 Å². The second-order valence-electron chi connectivity index (χ2n) is 9.36. The maximum absolute atomic E-state index is 6.24. The first-order chi connectivity index (χ1) is 14.7. The SMILES string of the molecule is COc1ccc2nc(C=CC3C4CCCCC4CC4C(OC)O[C@@H](C)C34)ccc2c1. The fourth-order valence-corrected chi connectivity index (χ4v) is 6.52. The monoisotopic (exact) mass is 407 g/mol. The molecule has 2 aromatic rings. The van der Waals surface area contributed by atoms with Crippen LogP contribution in [0.2, 0.25) is 0 Å². The van der Waals surface area contributed by atoms with E-state index in [1.807, 2.05) is 18.2 Å². The molecule has 1 saturated heterocycles. The van der Waals surface area contributed by atoms with E-state index >= 15 is 0 Å². The number of pyridine rings is 1. The quantitative estimate of drug-likeness (QED) is 0.651. The smallest absolute Gasteiger partial charge is 0.160 e. The maximum atomic E-state index is 6.24. The first-order valence-electron chi connectivity index (χ1n) is 11.5. The van der Waals surface area contributed by atoms with Crippen molar-refractivity contribution in [2.24, 2.45) is 29.6 Å². The normalized spacial score (nSPS) is 36.0. The Bertz CT molecular complexity index is 926. The summed E-state index contributed by atoms with van der Waals surface area (Å²) in [6.07, 6.45) is 11.6. The van der Waals surface area contributed by atoms with Crippen LogP contribution in [0.4, 0.5) is 0 Å². The number of nitrogens with zero attached hydrogens (tertiary/aromatic N) is 1. The molecular formula is C26H33NO3. The maximum Gasteiger partial charge on any atom is 0.160 e. The molecule has 0 spiro atoms. The molecular weight excluding hydrogens is 374 g/mol. The van der Waals surface area contributed by atoms with E-state index in [0.717, 1.165) is 34.2 Å². The van der Waals surface area contributed by atoms with E-state index in [-0.39, 0.29) is 12.4 Å². The van der Waals surface area contributed by atoms with Crippen molar-refractivity contribution in [3.05, 3.63) is 42.1 Å². The van der Waals surface area contributed by atoms with E-state index in [0.29, 0.717) is 17.8 Å². The van der Waals surface area contributed by atoms with Crippen molar-refractivity contribution in [3.63, 3.8) is 0 Å². The van der Waals surface area contributed by atoms with Gasteiger partial charge in [0, 0.05) is 18.4 Å². The number of hydrogen-bond acceptors (Lipinski definition) is 4. The van der Waals surface area contributed by atoms with Crippen LogP contribution in [0.5, 0.6) is 5.75 Å². The van der Waals surface area contributed by atoms with Crippen molar-refractivity contribution in [2.75, 3.05) is 14.2 Å². The van der Waals surface area contributed by atoms with Gasteiger partial charge in [-0.3, -0.25) is 0 Å². The molecule has 4 nitrogen and oxygen atoms in total. The number of methoxy groups -OCH3 is 2. The van der Waals surface area contributed by atoms with Gasteiger partial charge in [-0.2, -0.15) is 0 Å². The lowest BCUT2D eigenvalue weighted by Gasteiger charge is -2.47. The number of fused-ring (bicyclic) bond motifs is 3. The molecule has 30 heavy (non-hydrogen) atoms. The number of hydrogen-bond donors (Lipinski definition) is 0. The number of rotatable bonds is 4. The summed E-state index contributed by atoms with van der Waals surface area (Å²) in [5.74, 6) is 4.02. The molecule has 6 unspecified atom stereocenters. The molecule has 0 amide bonds. The molecule has 3 fully saturated rings. The molecule has 7 atom stereocenters. The van der Waals surface area contributed by atoms with Crippen molar-refractivity contribution in [2.45, 2.75) is 51.4 Å². The molecule has 5 rings (SSSR count). The third kappa shape index (κ3) is 3.54. The number of ether oxygens (including phenoxy) is 3. The van der Waals surface area contributed by atoms with E-state index in [4.69, 9.17) is 19.2 Å². The van der Waals surface area contributed by atoms with E-state index in [1.54, 1.807) is 14.2 Å². The van der Waals surface area contributed by atoms with Crippen LogP contribution in [-0.4, -0.2) is 31.6 Å². The third-order valence-electron chi connectivity index (χ3n) is 7.86. The van der Waals surface area contributed by atoms with E-state index in [2.05, 4.69) is 31.2 Å². The highest BCUT2D eigenvalue weighted by Crippen LogP contribution is 2.55. The molecule has 1 aromatic carbocycles. The van der Waals surface area contributed by atoms with Gasteiger partial charge in [0.25, 0.3) is 0 Å². The van der Waals surface area contributed by atoms with Crippen molar-refractivity contribution < 1.29 is 14.2 Å². The third-order valence-corrected chi connectivity index (χ3v) is 7.86. The van der Waals surface area contributed by atoms with Crippen LogP contribution >= 0.6 is 0 Å². The van der Waals surface area contributed by atoms with Crippen LogP contribution in [0.15, 0.2) is 36.4 Å². The van der Waals surface area contributed by atoms with Crippen LogP contribution in [0, 0.1) is 29.6 Å². The van der Waals surface area contributed by atoms with Gasteiger partial charge in [0.1, 0.15) is 5.75 Å². The summed E-state index contributed by atoms with van der Waals surface area (Å²) in [4.78, 5) is 4.88. The van der Waals surface area contributed by atoms with Gasteiger partial charge in [0.05, 0.1) is 24.4 Å². The van der Waals surface area contributed by atoms with Gasteiger partial charge in [-0.25, -0.2) is 4.98 Å². The summed E-state index contributed by atoms with van der Waals surface area (Å²) < 4.78 is 17.3. The van der Waals surface area contributed by atoms with Crippen LogP contribution in [0.25, 0.3) is 17.0 Å². The van der Waals surface area contributed by atoms with Gasteiger partial charge < -0.3 is 14.2 Å². The Morgan fingerprint density at radius 1 is 1.07 bits per heavy atom. The van der Waals surface area contributed by atoms with Crippen LogP contribution < -0.4 is 4.74 Å². The Balaban J connectivity index is 1.44. The second kappa shape index (κ2) is 8.32. The average Bonchev–Trinajstić information content (AvgIpc) is 3.11. The van der Waals surface area contributed by atoms with Gasteiger partial charge in [0.2, 0.25) is 0 Å². The lowest BCUT2D eigenvalue weighted by Crippen LogP contribution is -2.43. The highest BCUT2D eigenvalue weighted by Gasteiger charge is 2.53.